The highest BCUT2D eigenvalue weighted by atomic mass is 16.2. The molecule has 0 aliphatic rings. The zero-order valence-electron chi connectivity index (χ0n) is 41.3. The van der Waals surface area contributed by atoms with Crippen LogP contribution in [0.5, 0.6) is 0 Å². The van der Waals surface area contributed by atoms with Crippen molar-refractivity contribution >= 4 is 11.8 Å². The Bertz CT molecular complexity index is 1130. The van der Waals surface area contributed by atoms with Crippen molar-refractivity contribution in [3.05, 3.63) is 0 Å². The molecule has 0 unspecified atom stereocenters. The highest BCUT2D eigenvalue weighted by molar-refractivity contribution is 5.76. The molecule has 0 fully saturated rings. The molecule has 0 aliphatic heterocycles. The molecule has 0 bridgehead atoms. The van der Waals surface area contributed by atoms with Gasteiger partial charge >= 0.3 is 0 Å². The summed E-state index contributed by atoms with van der Waals surface area (Å²) >= 11 is 0. The van der Waals surface area contributed by atoms with Crippen molar-refractivity contribution in [3.8, 4) is 47.4 Å². The minimum atomic E-state index is 0.206. The van der Waals surface area contributed by atoms with Crippen LogP contribution in [0.2, 0.25) is 0 Å². The maximum absolute atomic E-state index is 12.2. The van der Waals surface area contributed by atoms with Crippen LogP contribution in [0.3, 0.4) is 0 Å². The molecular formula is C58H100N2O2. The number of hydrogen-bond acceptors (Lipinski definition) is 2. The Kier molecular flexibility index (Phi) is 51.8. The highest BCUT2D eigenvalue weighted by Crippen LogP contribution is 2.13. The summed E-state index contributed by atoms with van der Waals surface area (Å²) in [6.07, 6.45) is 53.2. The fraction of sp³-hybridized carbons (Fsp3) is 0.828. The van der Waals surface area contributed by atoms with Crippen LogP contribution in [-0.2, 0) is 9.59 Å². The molecule has 354 valence electrons. The summed E-state index contributed by atoms with van der Waals surface area (Å²) in [4.78, 5) is 24.3. The van der Waals surface area contributed by atoms with Gasteiger partial charge in [0.05, 0.1) is 0 Å². The van der Waals surface area contributed by atoms with Crippen molar-refractivity contribution in [1.29, 1.82) is 0 Å². The Balaban J connectivity index is 3.37. The molecule has 0 heterocycles. The average Bonchev–Trinajstić information content (AvgIpc) is 3.27. The normalized spacial score (nSPS) is 10.4. The van der Waals surface area contributed by atoms with Crippen LogP contribution in [0.1, 0.15) is 296 Å². The molecule has 0 aliphatic carbocycles. The van der Waals surface area contributed by atoms with E-state index < -0.39 is 0 Å². The first-order valence-electron chi connectivity index (χ1n) is 27.2. The van der Waals surface area contributed by atoms with Crippen LogP contribution >= 0.6 is 0 Å². The van der Waals surface area contributed by atoms with E-state index in [0.717, 1.165) is 103 Å². The second-order valence-electron chi connectivity index (χ2n) is 18.1. The maximum Gasteiger partial charge on any atom is 0.219 e. The molecule has 4 nitrogen and oxygen atoms in total. The van der Waals surface area contributed by atoms with Gasteiger partial charge in [-0.25, -0.2) is 0 Å². The van der Waals surface area contributed by atoms with E-state index >= 15 is 0 Å². The van der Waals surface area contributed by atoms with Crippen molar-refractivity contribution in [1.82, 2.24) is 10.6 Å². The molecule has 4 heteroatoms. The average molecular weight is 857 g/mol. The number of unbranched alkanes of at least 4 members (excludes halogenated alkanes) is 37. The SMILES string of the molecule is CCCCCCCCCCCCC#CC#CCCCCCCCCC(=O)NCCCCCCCCNC(=O)CCCCCCCCC#CC#CCCCCCCCCCCCC. The van der Waals surface area contributed by atoms with Gasteiger partial charge < -0.3 is 10.6 Å². The van der Waals surface area contributed by atoms with Gasteiger partial charge in [0.25, 0.3) is 0 Å². The monoisotopic (exact) mass is 857 g/mol. The Morgan fingerprint density at radius 2 is 0.484 bits per heavy atom. The first kappa shape index (κ1) is 59.2. The molecule has 0 aromatic heterocycles. The Morgan fingerprint density at radius 1 is 0.274 bits per heavy atom. The zero-order valence-corrected chi connectivity index (χ0v) is 41.3. The quantitative estimate of drug-likeness (QED) is 0.0473. The van der Waals surface area contributed by atoms with E-state index in [-0.39, 0.29) is 11.8 Å². The third kappa shape index (κ3) is 53.3. The van der Waals surface area contributed by atoms with Crippen molar-refractivity contribution < 1.29 is 9.59 Å². The second kappa shape index (κ2) is 54.3. The van der Waals surface area contributed by atoms with E-state index in [1.807, 2.05) is 0 Å². The summed E-state index contributed by atoms with van der Waals surface area (Å²) in [6, 6.07) is 0. The predicted octanol–water partition coefficient (Wildman–Crippen LogP) is 16.4. The van der Waals surface area contributed by atoms with Crippen molar-refractivity contribution in [2.45, 2.75) is 296 Å². The highest BCUT2D eigenvalue weighted by Gasteiger charge is 2.03. The minimum Gasteiger partial charge on any atom is -0.356 e. The van der Waals surface area contributed by atoms with Crippen LogP contribution in [0.4, 0.5) is 0 Å². The van der Waals surface area contributed by atoms with Crippen molar-refractivity contribution in [2.24, 2.45) is 0 Å². The number of carbonyl (C=O) groups excluding carboxylic acids is 2. The number of nitrogens with one attached hydrogen (secondary N) is 2. The minimum absolute atomic E-state index is 0.206. The molecule has 62 heavy (non-hydrogen) atoms. The van der Waals surface area contributed by atoms with E-state index in [9.17, 15) is 9.59 Å². The lowest BCUT2D eigenvalue weighted by Gasteiger charge is -2.07. The van der Waals surface area contributed by atoms with Gasteiger partial charge in [0.1, 0.15) is 0 Å². The van der Waals surface area contributed by atoms with E-state index in [2.05, 4.69) is 71.8 Å². The fourth-order valence-corrected chi connectivity index (χ4v) is 7.83. The Morgan fingerprint density at radius 3 is 0.742 bits per heavy atom. The van der Waals surface area contributed by atoms with Gasteiger partial charge in [-0.3, -0.25) is 9.59 Å². The molecule has 0 rings (SSSR count). The van der Waals surface area contributed by atoms with Crippen LogP contribution in [0.15, 0.2) is 0 Å². The molecule has 0 saturated heterocycles. The fourth-order valence-electron chi connectivity index (χ4n) is 7.83. The van der Waals surface area contributed by atoms with E-state index in [1.54, 1.807) is 0 Å². The molecule has 0 aromatic carbocycles. The largest absolute Gasteiger partial charge is 0.356 e. The molecule has 0 spiro atoms. The molecule has 0 aromatic rings. The summed E-state index contributed by atoms with van der Waals surface area (Å²) in [6.45, 7) is 6.15. The summed E-state index contributed by atoms with van der Waals surface area (Å²) in [5.41, 5.74) is 0. The van der Waals surface area contributed by atoms with Gasteiger partial charge in [0.2, 0.25) is 11.8 Å². The van der Waals surface area contributed by atoms with Gasteiger partial charge in [-0.2, -0.15) is 0 Å². The number of amides is 2. The smallest absolute Gasteiger partial charge is 0.219 e. The standard InChI is InChI=1S/C58H100N2O2/c1-3-5-7-9-11-13-15-17-19-21-23-25-27-29-31-33-35-37-39-41-45-49-53-57(61)59-55-51-47-43-44-48-52-56-60-58(62)54-50-46-42-40-38-36-34-32-30-28-26-24-22-20-18-16-14-12-10-8-6-4-2/h3-24,33-56H2,1-2H3,(H,59,61)(H,60,62). The third-order valence-electron chi connectivity index (χ3n) is 11.9. The van der Waals surface area contributed by atoms with Gasteiger partial charge in [0.15, 0.2) is 0 Å². The lowest BCUT2D eigenvalue weighted by Crippen LogP contribution is -2.24. The summed E-state index contributed by atoms with van der Waals surface area (Å²) in [7, 11) is 0. The van der Waals surface area contributed by atoms with E-state index in [1.165, 1.54) is 180 Å². The lowest BCUT2D eigenvalue weighted by atomic mass is 10.1. The maximum atomic E-state index is 12.2. The number of carbonyl (C=O) groups is 2. The molecule has 2 N–H and O–H groups in total. The van der Waals surface area contributed by atoms with Gasteiger partial charge in [-0.05, 0) is 75.0 Å². The first-order valence-corrected chi connectivity index (χ1v) is 27.2. The Labute approximate surface area is 387 Å². The van der Waals surface area contributed by atoms with Crippen LogP contribution < -0.4 is 10.6 Å². The summed E-state index contributed by atoms with van der Waals surface area (Å²) in [5, 5.41) is 6.21. The zero-order chi connectivity index (χ0) is 44.8. The lowest BCUT2D eigenvalue weighted by molar-refractivity contribution is -0.122. The third-order valence-corrected chi connectivity index (χ3v) is 11.9. The van der Waals surface area contributed by atoms with Crippen molar-refractivity contribution in [3.63, 3.8) is 0 Å². The summed E-state index contributed by atoms with van der Waals surface area (Å²) < 4.78 is 0. The topological polar surface area (TPSA) is 58.2 Å². The molecule has 2 amide bonds. The van der Waals surface area contributed by atoms with Crippen LogP contribution in [0, 0.1) is 47.4 Å². The number of rotatable bonds is 45. The Hall–Kier alpha value is -2.82. The van der Waals surface area contributed by atoms with E-state index in [0.29, 0.717) is 12.8 Å². The first-order chi connectivity index (χ1) is 30.7. The summed E-state index contributed by atoms with van der Waals surface area (Å²) in [5.74, 6) is 25.5. The van der Waals surface area contributed by atoms with E-state index in [4.69, 9.17) is 0 Å². The van der Waals surface area contributed by atoms with Crippen molar-refractivity contribution in [2.75, 3.05) is 13.1 Å². The van der Waals surface area contributed by atoms with Crippen LogP contribution in [-0.4, -0.2) is 24.9 Å². The number of hydrogen-bond donors (Lipinski definition) is 2. The van der Waals surface area contributed by atoms with Crippen LogP contribution in [0.25, 0.3) is 0 Å². The molecule has 0 radical (unpaired) electrons. The second-order valence-corrected chi connectivity index (χ2v) is 18.1. The predicted molar refractivity (Wildman–Crippen MR) is 272 cm³/mol. The molecule has 0 saturated carbocycles. The van der Waals surface area contributed by atoms with Gasteiger partial charge in [0, 0.05) is 51.6 Å². The van der Waals surface area contributed by atoms with Gasteiger partial charge in [-0.1, -0.05) is 230 Å². The van der Waals surface area contributed by atoms with Gasteiger partial charge in [-0.15, -0.1) is 0 Å². The molecular weight excluding hydrogens is 757 g/mol. The molecule has 0 atom stereocenters.